The number of carbonyl (C=O) groups excluding carboxylic acids is 1. The van der Waals surface area contributed by atoms with E-state index in [9.17, 15) is 19.7 Å². The average Bonchev–Trinajstić information content (AvgIpc) is 2.32. The number of rotatable bonds is 4. The summed E-state index contributed by atoms with van der Waals surface area (Å²) in [6.45, 7) is 0. The molecule has 1 amide bonds. The Morgan fingerprint density at radius 2 is 1.84 bits per heavy atom. The second-order valence-corrected chi connectivity index (χ2v) is 4.48. The zero-order valence-corrected chi connectivity index (χ0v) is 9.91. The van der Waals surface area contributed by atoms with Crippen LogP contribution in [0.4, 0.5) is 5.69 Å². The van der Waals surface area contributed by atoms with Crippen molar-refractivity contribution in [3.8, 4) is 0 Å². The Kier molecular flexibility index (Phi) is 3.46. The number of nitrogens with zero attached hydrogens (tertiary/aromatic N) is 1. The maximum atomic E-state index is 11.8. The van der Waals surface area contributed by atoms with Gasteiger partial charge in [-0.3, -0.25) is 19.7 Å². The lowest BCUT2D eigenvalue weighted by atomic mass is 9.80. The van der Waals surface area contributed by atoms with E-state index in [1.165, 1.54) is 24.3 Å². The highest BCUT2D eigenvalue weighted by Crippen LogP contribution is 2.27. The zero-order chi connectivity index (χ0) is 14.0. The number of amides is 1. The van der Waals surface area contributed by atoms with Crippen molar-refractivity contribution in [3.63, 3.8) is 0 Å². The topological polar surface area (TPSA) is 110 Å². The van der Waals surface area contributed by atoms with Crippen LogP contribution in [-0.2, 0) is 4.79 Å². The van der Waals surface area contributed by atoms with Gasteiger partial charge in [0.1, 0.15) is 0 Å². The molecule has 0 atom stereocenters. The fourth-order valence-corrected chi connectivity index (χ4v) is 1.94. The number of benzene rings is 1. The molecule has 1 aromatic carbocycles. The number of carboxylic acid groups (broad SMARTS) is 1. The number of hydrogen-bond acceptors (Lipinski definition) is 4. The Hall–Kier alpha value is -2.44. The number of nitro benzene ring substituents is 1. The first kappa shape index (κ1) is 13.0. The standard InChI is InChI=1S/C12H12N2O5/c15-11(13-9-5-8(6-9)12(16)17)7-1-3-10(4-2-7)14(18)19/h1-4,8-9H,5-6H2,(H,13,15)(H,16,17). The molecule has 0 saturated heterocycles. The van der Waals surface area contributed by atoms with Gasteiger partial charge in [0.15, 0.2) is 0 Å². The van der Waals surface area contributed by atoms with Crippen molar-refractivity contribution in [3.05, 3.63) is 39.9 Å². The molecule has 100 valence electrons. The van der Waals surface area contributed by atoms with Crippen molar-refractivity contribution in [1.82, 2.24) is 5.32 Å². The van der Waals surface area contributed by atoms with Crippen molar-refractivity contribution in [2.24, 2.45) is 5.92 Å². The number of aliphatic carboxylic acids is 1. The average molecular weight is 264 g/mol. The van der Waals surface area contributed by atoms with Gasteiger partial charge in [-0.2, -0.15) is 0 Å². The molecule has 1 aliphatic carbocycles. The van der Waals surface area contributed by atoms with E-state index in [1.54, 1.807) is 0 Å². The minimum absolute atomic E-state index is 0.0777. The van der Waals surface area contributed by atoms with E-state index in [-0.39, 0.29) is 23.6 Å². The second-order valence-electron chi connectivity index (χ2n) is 4.48. The van der Waals surface area contributed by atoms with Crippen molar-refractivity contribution < 1.29 is 19.6 Å². The summed E-state index contributed by atoms with van der Waals surface area (Å²) in [6, 6.07) is 5.14. The Bertz CT molecular complexity index is 519. The quantitative estimate of drug-likeness (QED) is 0.627. The molecule has 1 fully saturated rings. The highest BCUT2D eigenvalue weighted by molar-refractivity contribution is 5.94. The van der Waals surface area contributed by atoms with Crippen LogP contribution in [0.15, 0.2) is 24.3 Å². The zero-order valence-electron chi connectivity index (χ0n) is 9.91. The van der Waals surface area contributed by atoms with E-state index >= 15 is 0 Å². The summed E-state index contributed by atoms with van der Waals surface area (Å²) in [5, 5.41) is 21.9. The molecule has 2 N–H and O–H groups in total. The van der Waals surface area contributed by atoms with Crippen LogP contribution in [0.3, 0.4) is 0 Å². The first-order valence-electron chi connectivity index (χ1n) is 5.75. The molecular weight excluding hydrogens is 252 g/mol. The van der Waals surface area contributed by atoms with Crippen LogP contribution in [0, 0.1) is 16.0 Å². The molecule has 19 heavy (non-hydrogen) atoms. The monoisotopic (exact) mass is 264 g/mol. The highest BCUT2D eigenvalue weighted by Gasteiger charge is 2.35. The molecule has 0 spiro atoms. The third-order valence-corrected chi connectivity index (χ3v) is 3.16. The summed E-state index contributed by atoms with van der Waals surface area (Å²) in [5.41, 5.74) is 0.246. The van der Waals surface area contributed by atoms with Crippen LogP contribution in [0.25, 0.3) is 0 Å². The Labute approximate surface area is 108 Å². The smallest absolute Gasteiger partial charge is 0.306 e. The molecule has 1 saturated carbocycles. The molecule has 0 aliphatic heterocycles. The van der Waals surface area contributed by atoms with E-state index in [0.29, 0.717) is 18.4 Å². The van der Waals surface area contributed by atoms with Gasteiger partial charge in [-0.1, -0.05) is 0 Å². The normalized spacial score (nSPS) is 21.3. The summed E-state index contributed by atoms with van der Waals surface area (Å²) in [4.78, 5) is 32.3. The van der Waals surface area contributed by atoms with Crippen LogP contribution in [0.5, 0.6) is 0 Å². The first-order chi connectivity index (χ1) is 8.97. The number of hydrogen-bond donors (Lipinski definition) is 2. The Morgan fingerprint density at radius 1 is 1.26 bits per heavy atom. The fraction of sp³-hybridized carbons (Fsp3) is 0.333. The largest absolute Gasteiger partial charge is 0.481 e. The summed E-state index contributed by atoms with van der Waals surface area (Å²) in [7, 11) is 0. The number of carboxylic acids is 1. The van der Waals surface area contributed by atoms with Gasteiger partial charge in [-0.15, -0.1) is 0 Å². The van der Waals surface area contributed by atoms with Crippen LogP contribution in [0.1, 0.15) is 23.2 Å². The number of nitrogens with one attached hydrogen (secondary N) is 1. The van der Waals surface area contributed by atoms with Crippen molar-refractivity contribution in [1.29, 1.82) is 0 Å². The summed E-state index contributed by atoms with van der Waals surface area (Å²) in [5.74, 6) is -1.58. The lowest BCUT2D eigenvalue weighted by molar-refractivity contribution is -0.384. The van der Waals surface area contributed by atoms with Gasteiger partial charge in [0.25, 0.3) is 11.6 Å². The maximum Gasteiger partial charge on any atom is 0.306 e. The predicted octanol–water partition coefficient (Wildman–Crippen LogP) is 1.19. The molecule has 0 unspecified atom stereocenters. The molecule has 0 bridgehead atoms. The van der Waals surface area contributed by atoms with Crippen LogP contribution in [0.2, 0.25) is 0 Å². The first-order valence-corrected chi connectivity index (χ1v) is 5.75. The van der Waals surface area contributed by atoms with Gasteiger partial charge < -0.3 is 10.4 Å². The molecule has 7 nitrogen and oxygen atoms in total. The fourth-order valence-electron chi connectivity index (χ4n) is 1.94. The van der Waals surface area contributed by atoms with Crippen molar-refractivity contribution >= 4 is 17.6 Å². The Balaban J connectivity index is 1.90. The maximum absolute atomic E-state index is 11.8. The molecular formula is C12H12N2O5. The van der Waals surface area contributed by atoms with E-state index < -0.39 is 10.9 Å². The molecule has 1 aromatic rings. The number of non-ortho nitro benzene ring substituents is 1. The van der Waals surface area contributed by atoms with Gasteiger partial charge in [-0.25, -0.2) is 0 Å². The lowest BCUT2D eigenvalue weighted by Crippen LogP contribution is -2.46. The summed E-state index contributed by atoms with van der Waals surface area (Å²) in [6.07, 6.45) is 0.849. The van der Waals surface area contributed by atoms with Gasteiger partial charge in [-0.05, 0) is 25.0 Å². The van der Waals surface area contributed by atoms with E-state index in [0.717, 1.165) is 0 Å². The van der Waals surface area contributed by atoms with Gasteiger partial charge in [0.2, 0.25) is 0 Å². The van der Waals surface area contributed by atoms with Crippen molar-refractivity contribution in [2.45, 2.75) is 18.9 Å². The summed E-state index contributed by atoms with van der Waals surface area (Å²) >= 11 is 0. The lowest BCUT2D eigenvalue weighted by Gasteiger charge is -2.32. The van der Waals surface area contributed by atoms with Gasteiger partial charge >= 0.3 is 5.97 Å². The van der Waals surface area contributed by atoms with Gasteiger partial charge in [0, 0.05) is 23.7 Å². The third kappa shape index (κ3) is 2.87. The van der Waals surface area contributed by atoms with E-state index in [4.69, 9.17) is 5.11 Å². The van der Waals surface area contributed by atoms with Crippen LogP contribution >= 0.6 is 0 Å². The molecule has 0 radical (unpaired) electrons. The van der Waals surface area contributed by atoms with Crippen molar-refractivity contribution in [2.75, 3.05) is 0 Å². The van der Waals surface area contributed by atoms with Gasteiger partial charge in [0.05, 0.1) is 10.8 Å². The van der Waals surface area contributed by atoms with Crippen LogP contribution < -0.4 is 5.32 Å². The summed E-state index contributed by atoms with van der Waals surface area (Å²) < 4.78 is 0. The number of carbonyl (C=O) groups is 2. The number of nitro groups is 1. The molecule has 7 heteroatoms. The van der Waals surface area contributed by atoms with E-state index in [1.807, 2.05) is 0 Å². The van der Waals surface area contributed by atoms with Crippen LogP contribution in [-0.4, -0.2) is 27.9 Å². The predicted molar refractivity (Wildman–Crippen MR) is 64.7 cm³/mol. The molecule has 2 rings (SSSR count). The second kappa shape index (κ2) is 5.05. The van der Waals surface area contributed by atoms with E-state index in [2.05, 4.69) is 5.32 Å². The molecule has 0 aromatic heterocycles. The minimum Gasteiger partial charge on any atom is -0.481 e. The molecule has 0 heterocycles. The highest BCUT2D eigenvalue weighted by atomic mass is 16.6. The minimum atomic E-state index is -0.846. The molecule has 1 aliphatic rings. The SMILES string of the molecule is O=C(NC1CC(C(=O)O)C1)c1ccc([N+](=O)[O-])cc1. The Morgan fingerprint density at radius 3 is 2.32 bits per heavy atom. The third-order valence-electron chi connectivity index (χ3n) is 3.16.